The highest BCUT2D eigenvalue weighted by atomic mass is 32.1. The van der Waals surface area contributed by atoms with Gasteiger partial charge in [0.25, 0.3) is 5.91 Å². The first-order valence-corrected chi connectivity index (χ1v) is 8.72. The normalized spacial score (nSPS) is 18.9. The van der Waals surface area contributed by atoms with E-state index in [0.717, 1.165) is 5.69 Å². The van der Waals surface area contributed by atoms with Crippen LogP contribution in [0.15, 0.2) is 29.1 Å². The molecule has 132 valence electrons. The van der Waals surface area contributed by atoms with Gasteiger partial charge in [0.2, 0.25) is 0 Å². The Morgan fingerprint density at radius 1 is 1.36 bits per heavy atom. The van der Waals surface area contributed by atoms with E-state index in [-0.39, 0.29) is 17.9 Å². The summed E-state index contributed by atoms with van der Waals surface area (Å²) in [5, 5.41) is 13.6. The zero-order valence-corrected chi connectivity index (χ0v) is 14.4. The van der Waals surface area contributed by atoms with Crippen molar-refractivity contribution in [2.75, 3.05) is 7.11 Å². The summed E-state index contributed by atoms with van der Waals surface area (Å²) in [5.41, 5.74) is 3.00. The van der Waals surface area contributed by atoms with E-state index in [1.165, 1.54) is 18.4 Å². The Bertz CT molecular complexity index is 756. The summed E-state index contributed by atoms with van der Waals surface area (Å²) < 4.78 is 11.0. The van der Waals surface area contributed by atoms with Crippen molar-refractivity contribution < 1.29 is 24.2 Å². The highest BCUT2D eigenvalue weighted by molar-refractivity contribution is 7.07. The van der Waals surface area contributed by atoms with Crippen LogP contribution >= 0.6 is 11.3 Å². The van der Waals surface area contributed by atoms with Gasteiger partial charge in [0, 0.05) is 17.0 Å². The molecule has 1 saturated carbocycles. The molecule has 1 heterocycles. The van der Waals surface area contributed by atoms with Crippen molar-refractivity contribution in [3.63, 3.8) is 0 Å². The molecule has 0 unspecified atom stereocenters. The number of nitrogens with zero attached hydrogens (tertiary/aromatic N) is 1. The number of rotatable bonds is 7. The molecule has 7 nitrogen and oxygen atoms in total. The van der Waals surface area contributed by atoms with Crippen molar-refractivity contribution in [3.05, 3.63) is 40.3 Å². The number of carboxylic acids is 1. The number of aliphatic carboxylic acids is 1. The van der Waals surface area contributed by atoms with Gasteiger partial charge in [-0.15, -0.1) is 11.3 Å². The monoisotopic (exact) mass is 362 g/mol. The molecule has 2 aromatic rings. The minimum absolute atomic E-state index is 0.0970. The molecule has 1 aromatic heterocycles. The molecule has 25 heavy (non-hydrogen) atoms. The molecular formula is C17H18N2O5S. The van der Waals surface area contributed by atoms with Crippen molar-refractivity contribution in [2.45, 2.75) is 25.5 Å². The Hall–Kier alpha value is -2.61. The van der Waals surface area contributed by atoms with Crippen LogP contribution in [0.4, 0.5) is 0 Å². The summed E-state index contributed by atoms with van der Waals surface area (Å²) in [6.07, 6.45) is 0.931. The number of ether oxygens (including phenoxy) is 2. The number of carbonyl (C=O) groups is 2. The van der Waals surface area contributed by atoms with E-state index in [4.69, 9.17) is 14.6 Å². The quantitative estimate of drug-likeness (QED) is 0.784. The molecule has 0 atom stereocenters. The predicted octanol–water partition coefficient (Wildman–Crippen LogP) is 2.32. The topological polar surface area (TPSA) is 97.8 Å². The second-order valence-corrected chi connectivity index (χ2v) is 6.53. The molecule has 8 heteroatoms. The van der Waals surface area contributed by atoms with E-state index in [1.807, 2.05) is 5.38 Å². The van der Waals surface area contributed by atoms with E-state index in [2.05, 4.69) is 10.3 Å². The average Bonchev–Trinajstić information content (AvgIpc) is 3.08. The van der Waals surface area contributed by atoms with Crippen molar-refractivity contribution in [2.24, 2.45) is 5.92 Å². The second-order valence-electron chi connectivity index (χ2n) is 5.81. The summed E-state index contributed by atoms with van der Waals surface area (Å²) in [7, 11) is 1.51. The first-order valence-electron chi connectivity index (χ1n) is 7.78. The molecular weight excluding hydrogens is 344 g/mol. The lowest BCUT2D eigenvalue weighted by Gasteiger charge is -2.32. The van der Waals surface area contributed by atoms with Gasteiger partial charge in [-0.25, -0.2) is 4.98 Å². The van der Waals surface area contributed by atoms with Crippen molar-refractivity contribution in [1.29, 1.82) is 0 Å². The molecule has 2 N–H and O–H groups in total. The predicted molar refractivity (Wildman–Crippen MR) is 91.1 cm³/mol. The number of carboxylic acid groups (broad SMARTS) is 1. The molecule has 0 spiro atoms. The van der Waals surface area contributed by atoms with Gasteiger partial charge in [-0.2, -0.15) is 0 Å². The average molecular weight is 362 g/mol. The summed E-state index contributed by atoms with van der Waals surface area (Å²) in [6, 6.07) is 4.85. The third-order valence-electron chi connectivity index (χ3n) is 4.11. The highest BCUT2D eigenvalue weighted by Crippen LogP contribution is 2.30. The van der Waals surface area contributed by atoms with Crippen molar-refractivity contribution >= 4 is 23.2 Å². The third kappa shape index (κ3) is 4.08. The first-order chi connectivity index (χ1) is 12.1. The Morgan fingerprint density at radius 3 is 2.80 bits per heavy atom. The Kier molecular flexibility index (Phi) is 5.18. The zero-order chi connectivity index (χ0) is 17.8. The van der Waals surface area contributed by atoms with Gasteiger partial charge in [-0.3, -0.25) is 9.59 Å². The Labute approximate surface area is 148 Å². The SMILES string of the molecule is COc1cc(C(=O)NC2CC(C(=O)O)C2)ccc1OCc1cscn1. The molecule has 1 fully saturated rings. The number of carbonyl (C=O) groups excluding carboxylic acids is 1. The lowest BCUT2D eigenvalue weighted by molar-refractivity contribution is -0.145. The minimum Gasteiger partial charge on any atom is -0.493 e. The molecule has 0 radical (unpaired) electrons. The van der Waals surface area contributed by atoms with E-state index in [0.29, 0.717) is 36.5 Å². The van der Waals surface area contributed by atoms with Gasteiger partial charge in [0.1, 0.15) is 6.61 Å². The van der Waals surface area contributed by atoms with Crippen LogP contribution in [0, 0.1) is 5.92 Å². The Morgan fingerprint density at radius 2 is 2.16 bits per heavy atom. The second kappa shape index (κ2) is 7.52. The van der Waals surface area contributed by atoms with Gasteiger partial charge in [0.15, 0.2) is 11.5 Å². The first kappa shape index (κ1) is 17.2. The fraction of sp³-hybridized carbons (Fsp3) is 0.353. The van der Waals surface area contributed by atoms with Crippen molar-refractivity contribution in [1.82, 2.24) is 10.3 Å². The lowest BCUT2D eigenvalue weighted by Crippen LogP contribution is -2.46. The molecule has 3 rings (SSSR count). The molecule has 0 saturated heterocycles. The number of hydrogen-bond acceptors (Lipinski definition) is 6. The number of thiazole rings is 1. The molecule has 1 aliphatic rings. The third-order valence-corrected chi connectivity index (χ3v) is 4.74. The number of hydrogen-bond donors (Lipinski definition) is 2. The maximum Gasteiger partial charge on any atom is 0.306 e. The van der Waals surface area contributed by atoms with Crippen molar-refractivity contribution in [3.8, 4) is 11.5 Å². The fourth-order valence-corrected chi connectivity index (χ4v) is 3.14. The van der Waals surface area contributed by atoms with E-state index < -0.39 is 5.97 Å². The molecule has 1 aromatic carbocycles. The molecule has 0 bridgehead atoms. The molecule has 0 aliphatic heterocycles. The van der Waals surface area contributed by atoms with Crippen LogP contribution in [0.1, 0.15) is 28.9 Å². The van der Waals surface area contributed by atoms with Gasteiger partial charge >= 0.3 is 5.97 Å². The van der Waals surface area contributed by atoms with Gasteiger partial charge in [0.05, 0.1) is 24.2 Å². The van der Waals surface area contributed by atoms with E-state index in [1.54, 1.807) is 23.7 Å². The maximum atomic E-state index is 12.3. The fourth-order valence-electron chi connectivity index (χ4n) is 2.59. The van der Waals surface area contributed by atoms with Crippen LogP contribution in [-0.4, -0.2) is 35.1 Å². The van der Waals surface area contributed by atoms with E-state index >= 15 is 0 Å². The highest BCUT2D eigenvalue weighted by Gasteiger charge is 2.35. The summed E-state index contributed by atoms with van der Waals surface area (Å²) in [5.74, 6) is -0.435. The van der Waals surface area contributed by atoms with Crippen LogP contribution in [0.2, 0.25) is 0 Å². The summed E-state index contributed by atoms with van der Waals surface area (Å²) >= 11 is 1.49. The molecule has 1 amide bonds. The zero-order valence-electron chi connectivity index (χ0n) is 13.6. The summed E-state index contributed by atoms with van der Waals surface area (Å²) in [4.78, 5) is 27.2. The van der Waals surface area contributed by atoms with Gasteiger partial charge < -0.3 is 19.9 Å². The minimum atomic E-state index is -0.811. The van der Waals surface area contributed by atoms with Gasteiger partial charge in [-0.1, -0.05) is 0 Å². The Balaban J connectivity index is 1.60. The number of nitrogens with one attached hydrogen (secondary N) is 1. The van der Waals surface area contributed by atoms with Crippen LogP contribution in [0.3, 0.4) is 0 Å². The molecule has 1 aliphatic carbocycles. The number of methoxy groups -OCH3 is 1. The van der Waals surface area contributed by atoms with E-state index in [9.17, 15) is 9.59 Å². The standard InChI is InChI=1S/C17H18N2O5S/c1-23-15-6-10(16(20)19-12-4-11(5-12)17(21)22)2-3-14(15)24-7-13-8-25-9-18-13/h2-3,6,8-9,11-12H,4-5,7H2,1H3,(H,19,20)(H,21,22). The van der Waals surface area contributed by atoms with Crippen LogP contribution in [0.25, 0.3) is 0 Å². The number of aromatic nitrogens is 1. The van der Waals surface area contributed by atoms with Crippen LogP contribution in [0.5, 0.6) is 11.5 Å². The smallest absolute Gasteiger partial charge is 0.306 e. The van der Waals surface area contributed by atoms with Crippen LogP contribution < -0.4 is 14.8 Å². The van der Waals surface area contributed by atoms with Gasteiger partial charge in [-0.05, 0) is 31.0 Å². The van der Waals surface area contributed by atoms with Crippen LogP contribution in [-0.2, 0) is 11.4 Å². The number of amides is 1. The lowest BCUT2D eigenvalue weighted by atomic mass is 9.80. The maximum absolute atomic E-state index is 12.3. The summed E-state index contributed by atoms with van der Waals surface area (Å²) in [6.45, 7) is 0.323. The number of benzene rings is 1. The largest absolute Gasteiger partial charge is 0.493 e.